The number of rotatable bonds is 17. The molecule has 11 nitrogen and oxygen atoms in total. The molecule has 0 saturated carbocycles. The minimum Gasteiger partial charge on any atom is -0.466 e. The molecule has 0 spiro atoms. The lowest BCUT2D eigenvalue weighted by atomic mass is 9.78. The molecule has 1 unspecified atom stereocenters. The number of carbonyl (C=O) groups excluding carboxylic acids is 4. The van der Waals surface area contributed by atoms with Gasteiger partial charge in [0, 0.05) is 29.2 Å². The van der Waals surface area contributed by atoms with Gasteiger partial charge < -0.3 is 24.8 Å². The van der Waals surface area contributed by atoms with E-state index in [-0.39, 0.29) is 37.4 Å². The van der Waals surface area contributed by atoms with Crippen molar-refractivity contribution in [2.45, 2.75) is 98.8 Å². The van der Waals surface area contributed by atoms with E-state index in [1.165, 1.54) is 24.3 Å². The fourth-order valence-corrected chi connectivity index (χ4v) is 6.34. The first kappa shape index (κ1) is 55.3. The second-order valence-electron chi connectivity index (χ2n) is 13.7. The zero-order valence-corrected chi connectivity index (χ0v) is 37.9. The molecule has 0 heterocycles. The topological polar surface area (TPSA) is 172 Å². The molecule has 2 atom stereocenters. The summed E-state index contributed by atoms with van der Waals surface area (Å²) in [5.74, 6) is 5.20. The van der Waals surface area contributed by atoms with Crippen molar-refractivity contribution >= 4 is 41.0 Å². The van der Waals surface area contributed by atoms with Crippen molar-refractivity contribution in [2.24, 2.45) is 11.7 Å². The van der Waals surface area contributed by atoms with Crippen LogP contribution in [0.3, 0.4) is 0 Å². The van der Waals surface area contributed by atoms with Gasteiger partial charge in [-0.05, 0) is 130 Å². The zero-order valence-electron chi connectivity index (χ0n) is 37.2. The molecule has 4 aromatic carbocycles. The van der Waals surface area contributed by atoms with E-state index >= 15 is 0 Å². The predicted molar refractivity (Wildman–Crippen MR) is 244 cm³/mol. The molecule has 4 rings (SSSR count). The highest BCUT2D eigenvalue weighted by atomic mass is 35.5. The summed E-state index contributed by atoms with van der Waals surface area (Å²) in [6.45, 7) is 14.3. The van der Waals surface area contributed by atoms with Crippen LogP contribution in [-0.2, 0) is 23.9 Å². The number of esters is 2. The molecule has 0 aliphatic heterocycles. The van der Waals surface area contributed by atoms with Crippen molar-refractivity contribution in [2.75, 3.05) is 25.1 Å². The lowest BCUT2D eigenvalue weighted by Crippen LogP contribution is -2.27. The molecule has 0 saturated heterocycles. The van der Waals surface area contributed by atoms with Crippen molar-refractivity contribution < 1.29 is 46.6 Å². The molecule has 0 aliphatic rings. The van der Waals surface area contributed by atoms with Gasteiger partial charge >= 0.3 is 18.3 Å². The quantitative estimate of drug-likeness (QED) is 0.0348. The first-order valence-corrected chi connectivity index (χ1v) is 21.1. The number of hydrazine groups is 1. The van der Waals surface area contributed by atoms with Gasteiger partial charge in [-0.15, -0.1) is 13.2 Å². The maximum atomic E-state index is 14.1. The van der Waals surface area contributed by atoms with E-state index in [2.05, 4.69) is 31.8 Å². The fourth-order valence-electron chi connectivity index (χ4n) is 6.12. The van der Waals surface area contributed by atoms with Crippen molar-refractivity contribution in [1.29, 1.82) is 0 Å². The number of allylic oxidation sites excluding steroid dienone is 2. The number of hydrogen-bond donors (Lipinski definition) is 4. The highest BCUT2D eigenvalue weighted by molar-refractivity contribution is 6.30. The van der Waals surface area contributed by atoms with Gasteiger partial charge in [0.2, 0.25) is 5.91 Å². The number of carbonyl (C=O) groups is 4. The highest BCUT2D eigenvalue weighted by Crippen LogP contribution is 2.39. The molecular weight excluding hydrogens is 837 g/mol. The summed E-state index contributed by atoms with van der Waals surface area (Å²) in [4.78, 5) is 48.9. The Morgan fingerprint density at radius 2 is 1.30 bits per heavy atom. The second kappa shape index (κ2) is 30.4. The third kappa shape index (κ3) is 20.8. The van der Waals surface area contributed by atoms with Crippen LogP contribution in [0.2, 0.25) is 5.02 Å². The predicted octanol–water partition coefficient (Wildman–Crippen LogP) is 11.0. The number of amides is 2. The molecule has 2 amide bonds. The third-order valence-electron chi connectivity index (χ3n) is 9.02. The molecule has 0 aromatic heterocycles. The first-order valence-electron chi connectivity index (χ1n) is 20.7. The van der Waals surface area contributed by atoms with Crippen LogP contribution in [0.5, 0.6) is 5.75 Å². The Morgan fingerprint density at radius 1 is 0.746 bits per heavy atom. The van der Waals surface area contributed by atoms with Crippen LogP contribution in [0.25, 0.3) is 11.1 Å². The number of hydrogen-bond acceptors (Lipinski definition) is 9. The summed E-state index contributed by atoms with van der Waals surface area (Å²) >= 11 is 6.12. The Balaban J connectivity index is 0.00000123. The van der Waals surface area contributed by atoms with Crippen LogP contribution in [0, 0.1) is 6.92 Å². The Labute approximate surface area is 374 Å². The minimum atomic E-state index is -4.85. The summed E-state index contributed by atoms with van der Waals surface area (Å²) in [6.07, 6.45) is 1.89. The molecule has 0 radical (unpaired) electrons. The second-order valence-corrected chi connectivity index (χ2v) is 14.1. The lowest BCUT2D eigenvalue weighted by Gasteiger charge is -2.28. The van der Waals surface area contributed by atoms with Crippen LogP contribution in [0.4, 0.5) is 18.9 Å². The van der Waals surface area contributed by atoms with E-state index < -0.39 is 29.9 Å². The van der Waals surface area contributed by atoms with E-state index in [0.717, 1.165) is 28.7 Å². The number of anilines is 1. The molecule has 344 valence electrons. The zero-order chi connectivity index (χ0) is 47.4. The van der Waals surface area contributed by atoms with Crippen molar-refractivity contribution in [1.82, 2.24) is 5.32 Å². The van der Waals surface area contributed by atoms with Crippen LogP contribution < -0.4 is 27.1 Å². The molecule has 0 fully saturated rings. The minimum absolute atomic E-state index is 0.0450. The Kier molecular flexibility index (Phi) is 26.7. The van der Waals surface area contributed by atoms with Crippen LogP contribution in [-0.4, -0.2) is 49.9 Å². The van der Waals surface area contributed by atoms with Gasteiger partial charge in [0.1, 0.15) is 5.75 Å². The van der Waals surface area contributed by atoms with E-state index in [9.17, 15) is 32.3 Å². The highest BCUT2D eigenvalue weighted by Gasteiger charge is 2.33. The Morgan fingerprint density at radius 3 is 1.79 bits per heavy atom. The van der Waals surface area contributed by atoms with Gasteiger partial charge in [-0.2, -0.15) is 0 Å². The molecule has 4 aromatic rings. The molecular formula is C48H62ClF3N4O7. The number of benzene rings is 4. The van der Waals surface area contributed by atoms with Crippen LogP contribution in [0.1, 0.15) is 113 Å². The van der Waals surface area contributed by atoms with Crippen molar-refractivity contribution in [3.8, 4) is 16.9 Å². The van der Waals surface area contributed by atoms with Crippen LogP contribution >= 0.6 is 11.6 Å². The van der Waals surface area contributed by atoms with Crippen molar-refractivity contribution in [3.63, 3.8) is 0 Å². The normalized spacial score (nSPS) is 11.5. The molecule has 6 N–H and O–H groups in total. The summed E-state index contributed by atoms with van der Waals surface area (Å²) in [6, 6.07) is 25.1. The summed E-state index contributed by atoms with van der Waals surface area (Å²) in [5, 5.41) is 6.34. The number of ether oxygens (including phenoxy) is 3. The van der Waals surface area contributed by atoms with E-state index in [1.54, 1.807) is 43.3 Å². The van der Waals surface area contributed by atoms with Crippen LogP contribution in [0.15, 0.2) is 103 Å². The van der Waals surface area contributed by atoms with E-state index in [0.29, 0.717) is 47.7 Å². The number of aryl methyl sites for hydroxylation is 1. The lowest BCUT2D eigenvalue weighted by molar-refractivity contribution is -0.274. The van der Waals surface area contributed by atoms with Gasteiger partial charge in [-0.3, -0.25) is 30.9 Å². The first-order chi connectivity index (χ1) is 30.1. The van der Waals surface area contributed by atoms with Gasteiger partial charge in [0.05, 0.1) is 25.6 Å². The molecule has 0 bridgehead atoms. The average Bonchev–Trinajstić information content (AvgIpc) is 3.25. The fraction of sp³-hybridized carbons (Fsp3) is 0.375. The number of alkyl halides is 3. The van der Waals surface area contributed by atoms with E-state index in [4.69, 9.17) is 16.3 Å². The number of halogens is 4. The molecule has 15 heteroatoms. The monoisotopic (exact) mass is 898 g/mol. The number of nitrogens with two attached hydrogens (primary N) is 2. The molecule has 0 aliphatic carbocycles. The third-order valence-corrected chi connectivity index (χ3v) is 9.26. The van der Waals surface area contributed by atoms with Gasteiger partial charge in [0.15, 0.2) is 0 Å². The Hall–Kier alpha value is -5.70. The van der Waals surface area contributed by atoms with Gasteiger partial charge in [-0.25, -0.2) is 0 Å². The summed E-state index contributed by atoms with van der Waals surface area (Å²) in [5.41, 5.74) is 5.14. The van der Waals surface area contributed by atoms with E-state index in [1.807, 2.05) is 84.0 Å². The largest absolute Gasteiger partial charge is 0.573 e. The summed E-state index contributed by atoms with van der Waals surface area (Å²) in [7, 11) is 0. The van der Waals surface area contributed by atoms with Crippen molar-refractivity contribution in [3.05, 3.63) is 130 Å². The smallest absolute Gasteiger partial charge is 0.466 e. The number of nitrogens with one attached hydrogen (secondary N) is 2. The Bertz CT molecular complexity index is 1980. The maximum Gasteiger partial charge on any atom is 0.573 e. The maximum absolute atomic E-state index is 14.1. The molecule has 63 heavy (non-hydrogen) atoms. The van der Waals surface area contributed by atoms with Gasteiger partial charge in [0.25, 0.3) is 5.91 Å². The SMILES string of the molecule is CC=CC.CCCC(=O)OCC.CCCC(c1ccc(C(=O)NCCC(=O)OCC)cc1)[C@H](C(=O)Nc1ccc(-c2ccc(Cl)cc2C)cc1)c1ccc(OC(F)(F)F)cc1.NN. The van der Waals surface area contributed by atoms with Gasteiger partial charge in [-0.1, -0.05) is 86.5 Å². The standard InChI is InChI=1S/C38H38ClF3N2O5.C6H12O2.C4H8.H4N2/c1-4-6-33(26-7-9-28(10-8-26)36(46)43-22-21-34(45)48-5-2)35(27-13-18-31(19-14-27)49-38(40,41)42)37(47)44-30-16-11-25(12-17-30)32-20-15-29(39)23-24(32)3;1-3-5-6(7)8-4-2;1-3-4-2;1-2/h7-20,23,33,35H,4-6,21-22H2,1-3H3,(H,43,46)(H,44,47);3-5H2,1-2H3;3-4H,1-2H3;1-2H2/t33?,35-;;;/m1.../s1. The average molecular weight is 899 g/mol. The summed E-state index contributed by atoms with van der Waals surface area (Å²) < 4.78 is 52.2.